The van der Waals surface area contributed by atoms with Crippen LogP contribution in [0.3, 0.4) is 0 Å². The van der Waals surface area contributed by atoms with Crippen LogP contribution in [-0.2, 0) is 6.42 Å². The molecule has 0 radical (unpaired) electrons. The predicted molar refractivity (Wildman–Crippen MR) is 66.3 cm³/mol. The number of nitrogens with zero attached hydrogens (tertiary/aromatic N) is 1. The van der Waals surface area contributed by atoms with E-state index < -0.39 is 6.43 Å². The highest BCUT2D eigenvalue weighted by Gasteiger charge is 2.10. The van der Waals surface area contributed by atoms with Crippen molar-refractivity contribution >= 4 is 0 Å². The number of alkyl halides is 2. The molecule has 0 heterocycles. The molecule has 4 heteroatoms. The number of aryl methyl sites for hydroxylation is 1. The first-order chi connectivity index (χ1) is 8.22. The Balaban J connectivity index is 2.26. The number of nitrogens with two attached hydrogens (primary N) is 1. The third-order valence-electron chi connectivity index (χ3n) is 2.62. The predicted octanol–water partition coefficient (Wildman–Crippen LogP) is 2.14. The van der Waals surface area contributed by atoms with Gasteiger partial charge in [0.2, 0.25) is 0 Å². The second-order valence-corrected chi connectivity index (χ2v) is 4.07. The zero-order chi connectivity index (χ0) is 12.5. The molecular weight excluding hydrogens is 222 g/mol. The van der Waals surface area contributed by atoms with Crippen molar-refractivity contribution in [1.82, 2.24) is 4.90 Å². The van der Waals surface area contributed by atoms with Crippen LogP contribution in [0.15, 0.2) is 30.3 Å². The summed E-state index contributed by atoms with van der Waals surface area (Å²) in [6.45, 7) is 1.47. The van der Waals surface area contributed by atoms with Crippen molar-refractivity contribution in [2.45, 2.75) is 19.3 Å². The molecule has 2 N–H and O–H groups in total. The van der Waals surface area contributed by atoms with E-state index in [2.05, 4.69) is 12.1 Å². The van der Waals surface area contributed by atoms with Crippen LogP contribution >= 0.6 is 0 Å². The Morgan fingerprint density at radius 1 is 1.12 bits per heavy atom. The number of hydrogen-bond acceptors (Lipinski definition) is 2. The second kappa shape index (κ2) is 8.14. The SMILES string of the molecule is NCCN(CCCc1ccccc1)CC(F)F. The summed E-state index contributed by atoms with van der Waals surface area (Å²) in [6, 6.07) is 10.1. The van der Waals surface area contributed by atoms with Gasteiger partial charge in [-0.15, -0.1) is 0 Å². The van der Waals surface area contributed by atoms with E-state index in [1.54, 1.807) is 4.90 Å². The van der Waals surface area contributed by atoms with Gasteiger partial charge in [-0.3, -0.25) is 4.90 Å². The van der Waals surface area contributed by atoms with Gasteiger partial charge in [-0.05, 0) is 24.9 Å². The summed E-state index contributed by atoms with van der Waals surface area (Å²) in [5, 5.41) is 0. The minimum absolute atomic E-state index is 0.175. The Hall–Kier alpha value is -1.00. The van der Waals surface area contributed by atoms with Gasteiger partial charge in [-0.25, -0.2) is 8.78 Å². The first kappa shape index (κ1) is 14.1. The lowest BCUT2D eigenvalue weighted by Gasteiger charge is -2.20. The van der Waals surface area contributed by atoms with Crippen LogP contribution in [0.1, 0.15) is 12.0 Å². The molecule has 2 nitrogen and oxygen atoms in total. The molecule has 0 unspecified atom stereocenters. The van der Waals surface area contributed by atoms with Gasteiger partial charge in [-0.1, -0.05) is 30.3 Å². The van der Waals surface area contributed by atoms with Crippen LogP contribution < -0.4 is 5.73 Å². The Morgan fingerprint density at radius 3 is 2.41 bits per heavy atom. The summed E-state index contributed by atoms with van der Waals surface area (Å²) >= 11 is 0. The molecule has 0 saturated carbocycles. The van der Waals surface area contributed by atoms with E-state index in [0.717, 1.165) is 12.8 Å². The van der Waals surface area contributed by atoms with E-state index in [4.69, 9.17) is 5.73 Å². The van der Waals surface area contributed by atoms with Crippen LogP contribution in [0, 0.1) is 0 Å². The highest BCUT2D eigenvalue weighted by Crippen LogP contribution is 2.05. The highest BCUT2D eigenvalue weighted by atomic mass is 19.3. The highest BCUT2D eigenvalue weighted by molar-refractivity contribution is 5.14. The summed E-state index contributed by atoms with van der Waals surface area (Å²) in [5.41, 5.74) is 6.65. The molecule has 0 aliphatic rings. The molecule has 0 aliphatic heterocycles. The molecule has 0 saturated heterocycles. The lowest BCUT2D eigenvalue weighted by molar-refractivity contribution is 0.0891. The Morgan fingerprint density at radius 2 is 1.82 bits per heavy atom. The number of rotatable bonds is 8. The molecule has 0 amide bonds. The molecule has 0 fully saturated rings. The molecule has 1 rings (SSSR count). The number of benzene rings is 1. The van der Waals surface area contributed by atoms with E-state index in [0.29, 0.717) is 19.6 Å². The van der Waals surface area contributed by atoms with Gasteiger partial charge in [0, 0.05) is 13.1 Å². The van der Waals surface area contributed by atoms with Crippen molar-refractivity contribution < 1.29 is 8.78 Å². The summed E-state index contributed by atoms with van der Waals surface area (Å²) in [6.07, 6.45) is -0.472. The summed E-state index contributed by atoms with van der Waals surface area (Å²) in [4.78, 5) is 1.73. The fraction of sp³-hybridized carbons (Fsp3) is 0.538. The lowest BCUT2D eigenvalue weighted by atomic mass is 10.1. The minimum Gasteiger partial charge on any atom is -0.329 e. The van der Waals surface area contributed by atoms with E-state index in [1.807, 2.05) is 18.2 Å². The maximum Gasteiger partial charge on any atom is 0.251 e. The van der Waals surface area contributed by atoms with Crippen molar-refractivity contribution in [3.8, 4) is 0 Å². The maximum atomic E-state index is 12.3. The molecule has 0 aromatic heterocycles. The van der Waals surface area contributed by atoms with Crippen LogP contribution in [0.2, 0.25) is 0 Å². The van der Waals surface area contributed by atoms with Crippen molar-refractivity contribution in [1.29, 1.82) is 0 Å². The van der Waals surface area contributed by atoms with Crippen molar-refractivity contribution in [3.63, 3.8) is 0 Å². The minimum atomic E-state index is -2.28. The lowest BCUT2D eigenvalue weighted by Crippen LogP contribution is -2.34. The van der Waals surface area contributed by atoms with Gasteiger partial charge < -0.3 is 5.73 Å². The fourth-order valence-electron chi connectivity index (χ4n) is 1.82. The number of halogens is 2. The van der Waals surface area contributed by atoms with Gasteiger partial charge >= 0.3 is 0 Å². The molecule has 0 spiro atoms. The average molecular weight is 242 g/mol. The normalized spacial score (nSPS) is 11.4. The molecule has 1 aromatic carbocycles. The quantitative estimate of drug-likeness (QED) is 0.757. The zero-order valence-corrected chi connectivity index (χ0v) is 9.99. The molecule has 96 valence electrons. The van der Waals surface area contributed by atoms with E-state index in [-0.39, 0.29) is 6.54 Å². The van der Waals surface area contributed by atoms with Crippen molar-refractivity contribution in [2.24, 2.45) is 5.73 Å². The average Bonchev–Trinajstić information content (AvgIpc) is 2.30. The first-order valence-corrected chi connectivity index (χ1v) is 5.97. The van der Waals surface area contributed by atoms with Gasteiger partial charge in [0.1, 0.15) is 0 Å². The largest absolute Gasteiger partial charge is 0.329 e. The topological polar surface area (TPSA) is 29.3 Å². The van der Waals surface area contributed by atoms with E-state index in [9.17, 15) is 8.78 Å². The molecule has 0 atom stereocenters. The van der Waals surface area contributed by atoms with Crippen LogP contribution in [0.4, 0.5) is 8.78 Å². The molecule has 17 heavy (non-hydrogen) atoms. The summed E-state index contributed by atoms with van der Waals surface area (Å²) in [5.74, 6) is 0. The van der Waals surface area contributed by atoms with Gasteiger partial charge in [-0.2, -0.15) is 0 Å². The maximum absolute atomic E-state index is 12.3. The van der Waals surface area contributed by atoms with Crippen LogP contribution in [-0.4, -0.2) is 37.5 Å². The van der Waals surface area contributed by atoms with Crippen molar-refractivity contribution in [3.05, 3.63) is 35.9 Å². The molecule has 1 aromatic rings. The number of hydrogen-bond donors (Lipinski definition) is 1. The van der Waals surface area contributed by atoms with Crippen LogP contribution in [0.5, 0.6) is 0 Å². The Kier molecular flexibility index (Phi) is 6.74. The smallest absolute Gasteiger partial charge is 0.251 e. The summed E-state index contributed by atoms with van der Waals surface area (Å²) in [7, 11) is 0. The van der Waals surface area contributed by atoms with Gasteiger partial charge in [0.25, 0.3) is 6.43 Å². The zero-order valence-electron chi connectivity index (χ0n) is 9.99. The third-order valence-corrected chi connectivity index (χ3v) is 2.62. The second-order valence-electron chi connectivity index (χ2n) is 4.07. The monoisotopic (exact) mass is 242 g/mol. The van der Waals surface area contributed by atoms with Gasteiger partial charge in [0.05, 0.1) is 6.54 Å². The molecule has 0 bridgehead atoms. The fourth-order valence-corrected chi connectivity index (χ4v) is 1.82. The Labute approximate surface area is 101 Å². The standard InChI is InChI=1S/C13H20F2N2/c14-13(15)11-17(10-8-16)9-4-7-12-5-2-1-3-6-12/h1-3,5-6,13H,4,7-11,16H2. The Bertz CT molecular complexity index is 291. The van der Waals surface area contributed by atoms with Gasteiger partial charge in [0.15, 0.2) is 0 Å². The molecular formula is C13H20F2N2. The van der Waals surface area contributed by atoms with E-state index >= 15 is 0 Å². The van der Waals surface area contributed by atoms with Crippen molar-refractivity contribution in [2.75, 3.05) is 26.2 Å². The first-order valence-electron chi connectivity index (χ1n) is 5.97. The van der Waals surface area contributed by atoms with Crippen LogP contribution in [0.25, 0.3) is 0 Å². The summed E-state index contributed by atoms with van der Waals surface area (Å²) < 4.78 is 24.6. The molecule has 0 aliphatic carbocycles. The van der Waals surface area contributed by atoms with E-state index in [1.165, 1.54) is 5.56 Å². The third kappa shape index (κ3) is 6.34.